The van der Waals surface area contributed by atoms with Crippen molar-refractivity contribution in [3.63, 3.8) is 0 Å². The van der Waals surface area contributed by atoms with Crippen molar-refractivity contribution in [1.82, 2.24) is 10.6 Å². The number of rotatable bonds is 17. The molecule has 0 bridgehead atoms. The number of Topliss-reactive ketones (excluding diaryl/α,β-unsaturated/α-hetero) is 1. The third-order valence-corrected chi connectivity index (χ3v) is 11.7. The Labute approximate surface area is 370 Å². The summed E-state index contributed by atoms with van der Waals surface area (Å²) in [6.07, 6.45) is -15.9. The molecule has 0 saturated carbocycles. The van der Waals surface area contributed by atoms with E-state index < -0.39 is 150 Å². The lowest BCUT2D eigenvalue weighted by atomic mass is 9.74. The van der Waals surface area contributed by atoms with Crippen molar-refractivity contribution in [2.45, 2.75) is 134 Å². The number of ether oxygens (including phenoxy) is 7. The van der Waals surface area contributed by atoms with Gasteiger partial charge in [0.25, 0.3) is 0 Å². The number of thiocarbonyl (C=S) groups is 1. The average Bonchev–Trinajstić information content (AvgIpc) is 3.19. The van der Waals surface area contributed by atoms with E-state index in [4.69, 9.17) is 50.8 Å². The number of carboxylic acids is 2. The van der Waals surface area contributed by atoms with Crippen LogP contribution in [0.3, 0.4) is 0 Å². The summed E-state index contributed by atoms with van der Waals surface area (Å²) in [6, 6.07) is -1.36. The van der Waals surface area contributed by atoms with Crippen molar-refractivity contribution < 1.29 is 97.4 Å². The highest BCUT2D eigenvalue weighted by Crippen LogP contribution is 2.42. The molecule has 0 aromatic carbocycles. The molecule has 2 aliphatic heterocycles. The van der Waals surface area contributed by atoms with E-state index in [1.165, 1.54) is 34.0 Å². The maximum absolute atomic E-state index is 13.9. The summed E-state index contributed by atoms with van der Waals surface area (Å²) < 4.78 is 40.1. The van der Waals surface area contributed by atoms with Crippen LogP contribution in [0.4, 0.5) is 0 Å². The molecule has 63 heavy (non-hydrogen) atoms. The van der Waals surface area contributed by atoms with Gasteiger partial charge >= 0.3 is 29.8 Å². The number of allylic oxidation sites excluding steroid dienone is 1. The predicted molar refractivity (Wildman–Crippen MR) is 218 cm³/mol. The summed E-state index contributed by atoms with van der Waals surface area (Å²) in [5, 5.41) is 79.0. The van der Waals surface area contributed by atoms with Crippen LogP contribution in [0, 0.1) is 11.3 Å². The highest BCUT2D eigenvalue weighted by molar-refractivity contribution is 8.23. The number of carboxylic acid groups (broad SMARTS) is 2. The second-order valence-electron chi connectivity index (χ2n) is 15.1. The number of ketones is 1. The zero-order valence-corrected chi connectivity index (χ0v) is 37.1. The van der Waals surface area contributed by atoms with Gasteiger partial charge in [0.05, 0.1) is 24.5 Å². The largest absolute Gasteiger partial charge is 0.508 e. The van der Waals surface area contributed by atoms with Gasteiger partial charge in [-0.3, -0.25) is 24.6 Å². The Morgan fingerprint density at radius 3 is 2.24 bits per heavy atom. The summed E-state index contributed by atoms with van der Waals surface area (Å²) in [7, 11) is 1.24. The van der Waals surface area contributed by atoms with E-state index in [1.54, 1.807) is 13.8 Å². The number of hydrogen-bond donors (Lipinski definition) is 9. The van der Waals surface area contributed by atoms with Crippen molar-refractivity contribution in [2.24, 2.45) is 5.92 Å². The van der Waals surface area contributed by atoms with Gasteiger partial charge < -0.3 is 74.4 Å². The number of aliphatic hydroxyl groups excluding tert-OH is 2. The zero-order chi connectivity index (χ0) is 47.9. The van der Waals surface area contributed by atoms with Crippen LogP contribution in [-0.4, -0.2) is 174 Å². The Balaban J connectivity index is 2.11. The Hall–Kier alpha value is -4.60. The van der Waals surface area contributed by atoms with Crippen LogP contribution in [0.1, 0.15) is 61.3 Å². The molecule has 25 heteroatoms. The highest BCUT2D eigenvalue weighted by Gasteiger charge is 2.62. The summed E-state index contributed by atoms with van der Waals surface area (Å²) in [5.41, 5.74) is -7.97. The molecule has 23 nitrogen and oxygen atoms in total. The van der Waals surface area contributed by atoms with Gasteiger partial charge in [-0.05, 0) is 20.8 Å². The number of carbonyl (C=O) groups excluding carboxylic acids is 5. The standard InChI is InChI=1S/C38H53N3O20S2/c1-9-19(41-36(62)63-13-20(32(47)48)40-17(6)42)35(52)61-28-22(12-56-18(7)43)59-31(37(53)11-21(44)26(39)25(30(37)46)33(49)50)27(45)29(28)60-24-10-23(55-8)38(54,15(4)57-24)16(5)58-34(51)14(2)3/h9,14-16,20,22-24,27-29,31,39,45-46,53-54H,10-13H2,1-8H3,(H,40,42)(H,41,62)(H,47,48)(H,49,50)/b19-9+,39-26?/t15-,16?,20?,22+,23-,24-,27+,28+,29-,31?,37?,38-/m0/s1. The molecule has 1 amide bonds. The molecule has 0 aromatic rings. The van der Waals surface area contributed by atoms with Crippen LogP contribution in [0.25, 0.3) is 0 Å². The molecular formula is C38H53N3O20S2. The molecule has 0 radical (unpaired) electrons. The monoisotopic (exact) mass is 935 g/mol. The van der Waals surface area contributed by atoms with Crippen molar-refractivity contribution in [3.05, 3.63) is 23.1 Å². The van der Waals surface area contributed by atoms with Crippen LogP contribution in [0.15, 0.2) is 23.1 Å². The van der Waals surface area contributed by atoms with Gasteiger partial charge in [-0.25, -0.2) is 14.4 Å². The second kappa shape index (κ2) is 21.9. The molecule has 2 heterocycles. The molecule has 352 valence electrons. The maximum atomic E-state index is 13.9. The zero-order valence-electron chi connectivity index (χ0n) is 35.5. The predicted octanol–water partition coefficient (Wildman–Crippen LogP) is -0.835. The number of carbonyl (C=O) groups is 7. The van der Waals surface area contributed by atoms with E-state index >= 15 is 0 Å². The molecule has 4 unspecified atom stereocenters. The van der Waals surface area contributed by atoms with Crippen molar-refractivity contribution in [1.29, 1.82) is 5.41 Å². The van der Waals surface area contributed by atoms with E-state index in [9.17, 15) is 64.2 Å². The Morgan fingerprint density at radius 1 is 1.08 bits per heavy atom. The first-order valence-corrected chi connectivity index (χ1v) is 20.7. The summed E-state index contributed by atoms with van der Waals surface area (Å²) in [4.78, 5) is 86.7. The summed E-state index contributed by atoms with van der Waals surface area (Å²) >= 11 is 6.02. The second-order valence-corrected chi connectivity index (χ2v) is 16.8. The molecular weight excluding hydrogens is 883 g/mol. The third-order valence-electron chi connectivity index (χ3n) is 10.4. The number of amides is 1. The lowest BCUT2D eigenvalue weighted by Crippen LogP contribution is -2.70. The minimum atomic E-state index is -3.10. The fraction of sp³-hybridized carbons (Fsp3) is 0.658. The van der Waals surface area contributed by atoms with E-state index in [0.717, 1.165) is 25.6 Å². The average molecular weight is 936 g/mol. The Bertz CT molecular complexity index is 1890. The van der Waals surface area contributed by atoms with Gasteiger partial charge in [0, 0.05) is 33.1 Å². The third kappa shape index (κ3) is 12.2. The van der Waals surface area contributed by atoms with Crippen LogP contribution in [0.2, 0.25) is 0 Å². The molecule has 12 atom stereocenters. The van der Waals surface area contributed by atoms with Crippen LogP contribution >= 0.6 is 24.0 Å². The van der Waals surface area contributed by atoms with Crippen molar-refractivity contribution >= 4 is 75.5 Å². The number of methoxy groups -OCH3 is 1. The van der Waals surface area contributed by atoms with Crippen molar-refractivity contribution in [3.8, 4) is 0 Å². The number of thioether (sulfide) groups is 1. The summed E-state index contributed by atoms with van der Waals surface area (Å²) in [5.74, 6) is -10.3. The molecule has 9 N–H and O–H groups in total. The quantitative estimate of drug-likeness (QED) is 0.0372. The Kier molecular flexibility index (Phi) is 18.3. The lowest BCUT2D eigenvalue weighted by molar-refractivity contribution is -0.345. The number of aliphatic hydroxyl groups is 4. The molecule has 3 rings (SSSR count). The lowest BCUT2D eigenvalue weighted by Gasteiger charge is -2.52. The van der Waals surface area contributed by atoms with Gasteiger partial charge in [0.2, 0.25) is 5.91 Å². The molecule has 3 aliphatic rings. The number of hydrogen-bond acceptors (Lipinski definition) is 21. The maximum Gasteiger partial charge on any atom is 0.354 e. The van der Waals surface area contributed by atoms with Crippen LogP contribution in [0.5, 0.6) is 0 Å². The molecule has 2 fully saturated rings. The topological polar surface area (TPSA) is 353 Å². The van der Waals surface area contributed by atoms with Gasteiger partial charge in [-0.2, -0.15) is 0 Å². The van der Waals surface area contributed by atoms with Gasteiger partial charge in [-0.1, -0.05) is 43.9 Å². The molecule has 0 spiro atoms. The van der Waals surface area contributed by atoms with Gasteiger partial charge in [0.15, 0.2) is 29.4 Å². The van der Waals surface area contributed by atoms with Gasteiger partial charge in [-0.15, -0.1) is 0 Å². The first kappa shape index (κ1) is 52.7. The fourth-order valence-corrected chi connectivity index (χ4v) is 8.04. The van der Waals surface area contributed by atoms with E-state index in [2.05, 4.69) is 10.6 Å². The summed E-state index contributed by atoms with van der Waals surface area (Å²) in [6.45, 7) is 8.64. The van der Waals surface area contributed by atoms with E-state index in [1.807, 2.05) is 0 Å². The fourth-order valence-electron chi connectivity index (χ4n) is 7.00. The first-order valence-electron chi connectivity index (χ1n) is 19.3. The molecule has 0 aromatic heterocycles. The minimum Gasteiger partial charge on any atom is -0.508 e. The van der Waals surface area contributed by atoms with E-state index in [-0.39, 0.29) is 22.2 Å². The van der Waals surface area contributed by atoms with Crippen LogP contribution in [-0.2, 0) is 66.7 Å². The molecule has 1 aliphatic carbocycles. The number of esters is 3. The molecule has 2 saturated heterocycles. The number of nitrogens with one attached hydrogen (secondary N) is 3. The normalized spacial score (nSPS) is 31.1. The van der Waals surface area contributed by atoms with Crippen LogP contribution < -0.4 is 10.6 Å². The smallest absolute Gasteiger partial charge is 0.354 e. The first-order chi connectivity index (χ1) is 29.2. The Morgan fingerprint density at radius 2 is 1.71 bits per heavy atom. The highest BCUT2D eigenvalue weighted by atomic mass is 32.2. The van der Waals surface area contributed by atoms with E-state index in [0.29, 0.717) is 0 Å². The SMILES string of the molecule is C/C=C(/NC(=S)SCC(NC(C)=O)C(=O)O)C(=O)O[C@H]1[C@@H](O[C@H]2C[C@H](OC)[C@@](O)(C(C)OC(=O)C(C)C)[C@H](C)O2)[C@@H](O)C(C2(O)CC(=O)C(=N)C(C(=O)O)=C2O)O[C@@H]1COC(C)=O. The van der Waals surface area contributed by atoms with Gasteiger partial charge in [0.1, 0.15) is 70.2 Å². The minimum absolute atomic E-state index is 0.164. The van der Waals surface area contributed by atoms with Crippen molar-refractivity contribution in [2.75, 3.05) is 19.5 Å². The number of aliphatic carboxylic acids is 2.